The molecule has 1 aliphatic rings. The molecule has 3 aromatic carbocycles. The first-order valence-corrected chi connectivity index (χ1v) is 13.6. The Balaban J connectivity index is 1.86. The van der Waals surface area contributed by atoms with E-state index in [1.54, 1.807) is 62.4 Å². The van der Waals surface area contributed by atoms with Crippen molar-refractivity contribution in [1.29, 1.82) is 0 Å². The molecule has 188 valence electrons. The van der Waals surface area contributed by atoms with E-state index in [-0.39, 0.29) is 17.9 Å². The first-order valence-electron chi connectivity index (χ1n) is 11.4. The van der Waals surface area contributed by atoms with Crippen LogP contribution in [0.1, 0.15) is 34.2 Å². The van der Waals surface area contributed by atoms with E-state index < -0.39 is 27.9 Å². The van der Waals surface area contributed by atoms with E-state index in [1.807, 2.05) is 19.9 Å². The number of imide groups is 1. The Morgan fingerprint density at radius 3 is 2.08 bits per heavy atom. The van der Waals surface area contributed by atoms with Gasteiger partial charge in [0.05, 0.1) is 17.0 Å². The molecule has 1 atom stereocenters. The summed E-state index contributed by atoms with van der Waals surface area (Å²) in [7, 11) is -4.22. The Hall–Kier alpha value is -2.71. The van der Waals surface area contributed by atoms with Crippen molar-refractivity contribution in [3.63, 3.8) is 0 Å². The Kier molecular flexibility index (Phi) is 7.30. The number of amides is 2. The molecule has 4 rings (SSSR count). The predicted molar refractivity (Wildman–Crippen MR) is 142 cm³/mol. The quantitative estimate of drug-likeness (QED) is 0.370. The molecule has 0 radical (unpaired) electrons. The standard InChI is InChI=1S/C27H26Cl2N2O4S/c1-16-13-17(2)19(4)26(18(16)3)36(34,35)30(15-20-7-5-6-8-23(20)29)24-14-25(32)31(27(24)33)22-11-9-21(28)10-12-22/h5-13,24H,14-15H2,1-4H3. The average Bonchev–Trinajstić information content (AvgIpc) is 3.11. The molecule has 0 saturated carbocycles. The maximum Gasteiger partial charge on any atom is 0.252 e. The summed E-state index contributed by atoms with van der Waals surface area (Å²) in [6, 6.07) is 13.9. The number of carbonyl (C=O) groups excluding carboxylic acids is 2. The zero-order valence-electron chi connectivity index (χ0n) is 20.4. The number of hydrogen-bond acceptors (Lipinski definition) is 4. The third-order valence-electron chi connectivity index (χ3n) is 6.70. The molecule has 0 aromatic heterocycles. The number of nitrogens with zero attached hydrogens (tertiary/aromatic N) is 2. The van der Waals surface area contributed by atoms with Crippen LogP contribution in [0.25, 0.3) is 0 Å². The lowest BCUT2D eigenvalue weighted by molar-refractivity contribution is -0.122. The fourth-order valence-corrected chi connectivity index (χ4v) is 7.00. The van der Waals surface area contributed by atoms with E-state index in [0.29, 0.717) is 32.4 Å². The van der Waals surface area contributed by atoms with Crippen molar-refractivity contribution < 1.29 is 18.0 Å². The Labute approximate surface area is 221 Å². The minimum Gasteiger partial charge on any atom is -0.274 e. The van der Waals surface area contributed by atoms with E-state index in [0.717, 1.165) is 20.3 Å². The normalized spacial score (nSPS) is 16.3. The summed E-state index contributed by atoms with van der Waals surface area (Å²) >= 11 is 12.4. The number of rotatable bonds is 6. The second-order valence-corrected chi connectivity index (χ2v) is 11.7. The van der Waals surface area contributed by atoms with Gasteiger partial charge in [-0.15, -0.1) is 0 Å². The highest BCUT2D eigenvalue weighted by Crippen LogP contribution is 2.35. The van der Waals surface area contributed by atoms with Crippen LogP contribution in [0, 0.1) is 27.7 Å². The Morgan fingerprint density at radius 2 is 1.50 bits per heavy atom. The minimum absolute atomic E-state index is 0.150. The van der Waals surface area contributed by atoms with Gasteiger partial charge in [-0.1, -0.05) is 47.5 Å². The molecular formula is C27H26Cl2N2O4S. The molecule has 1 unspecified atom stereocenters. The smallest absolute Gasteiger partial charge is 0.252 e. The zero-order valence-corrected chi connectivity index (χ0v) is 22.7. The Bertz CT molecular complexity index is 1440. The van der Waals surface area contributed by atoms with Gasteiger partial charge in [0.1, 0.15) is 6.04 Å². The van der Waals surface area contributed by atoms with Crippen LogP contribution in [0.3, 0.4) is 0 Å². The number of halogens is 2. The van der Waals surface area contributed by atoms with Crippen molar-refractivity contribution >= 4 is 50.7 Å². The third kappa shape index (κ3) is 4.68. The van der Waals surface area contributed by atoms with Gasteiger partial charge < -0.3 is 0 Å². The predicted octanol–water partition coefficient (Wildman–Crippen LogP) is 5.75. The highest BCUT2D eigenvalue weighted by Gasteiger charge is 2.47. The number of sulfonamides is 1. The van der Waals surface area contributed by atoms with Crippen molar-refractivity contribution in [1.82, 2.24) is 4.31 Å². The van der Waals surface area contributed by atoms with Crippen LogP contribution in [0.2, 0.25) is 10.0 Å². The maximum atomic E-state index is 14.3. The lowest BCUT2D eigenvalue weighted by Gasteiger charge is -2.29. The molecule has 2 amide bonds. The molecule has 6 nitrogen and oxygen atoms in total. The monoisotopic (exact) mass is 544 g/mol. The average molecular weight is 545 g/mol. The number of hydrogen-bond donors (Lipinski definition) is 0. The summed E-state index contributed by atoms with van der Waals surface area (Å²) in [6.07, 6.45) is -0.284. The highest BCUT2D eigenvalue weighted by atomic mass is 35.5. The second kappa shape index (κ2) is 9.98. The third-order valence-corrected chi connectivity index (χ3v) is 9.45. The number of aryl methyl sites for hydroxylation is 2. The molecule has 0 bridgehead atoms. The summed E-state index contributed by atoms with van der Waals surface area (Å²) in [5, 5.41) is 0.830. The molecule has 1 saturated heterocycles. The van der Waals surface area contributed by atoms with E-state index in [4.69, 9.17) is 23.2 Å². The van der Waals surface area contributed by atoms with E-state index in [2.05, 4.69) is 0 Å². The molecule has 0 aliphatic carbocycles. The number of benzene rings is 3. The van der Waals surface area contributed by atoms with Gasteiger partial charge in [0, 0.05) is 16.6 Å². The zero-order chi connectivity index (χ0) is 26.4. The van der Waals surface area contributed by atoms with Gasteiger partial charge in [-0.3, -0.25) is 9.59 Å². The first kappa shape index (κ1) is 26.4. The lowest BCUT2D eigenvalue weighted by atomic mass is 10.0. The first-order chi connectivity index (χ1) is 16.9. The SMILES string of the molecule is Cc1cc(C)c(C)c(S(=O)(=O)N(Cc2ccccc2Cl)C2CC(=O)N(c3ccc(Cl)cc3)C2=O)c1C. The Morgan fingerprint density at radius 1 is 0.917 bits per heavy atom. The van der Waals surface area contributed by atoms with Crippen molar-refractivity contribution in [2.75, 3.05) is 4.90 Å². The molecule has 1 heterocycles. The molecule has 1 aliphatic heterocycles. The summed E-state index contributed by atoms with van der Waals surface area (Å²) in [4.78, 5) is 27.8. The minimum atomic E-state index is -4.22. The van der Waals surface area contributed by atoms with Crippen LogP contribution in [0.4, 0.5) is 5.69 Å². The van der Waals surface area contributed by atoms with Crippen LogP contribution in [-0.4, -0.2) is 30.6 Å². The van der Waals surface area contributed by atoms with Crippen LogP contribution >= 0.6 is 23.2 Å². The van der Waals surface area contributed by atoms with Gasteiger partial charge >= 0.3 is 0 Å². The van der Waals surface area contributed by atoms with Gasteiger partial charge in [0.25, 0.3) is 5.91 Å². The molecule has 0 spiro atoms. The van der Waals surface area contributed by atoms with Gasteiger partial charge in [-0.25, -0.2) is 13.3 Å². The van der Waals surface area contributed by atoms with Gasteiger partial charge in [0.2, 0.25) is 15.9 Å². The number of anilines is 1. The fraction of sp³-hybridized carbons (Fsp3) is 0.259. The van der Waals surface area contributed by atoms with Gasteiger partial charge in [-0.2, -0.15) is 4.31 Å². The molecule has 0 N–H and O–H groups in total. The van der Waals surface area contributed by atoms with Crippen molar-refractivity contribution in [2.45, 2.75) is 51.6 Å². The van der Waals surface area contributed by atoms with Crippen molar-refractivity contribution in [3.05, 3.63) is 92.5 Å². The summed E-state index contributed by atoms with van der Waals surface area (Å²) in [5.74, 6) is -1.10. The summed E-state index contributed by atoms with van der Waals surface area (Å²) in [6.45, 7) is 7.05. The largest absolute Gasteiger partial charge is 0.274 e. The fourth-order valence-electron chi connectivity index (χ4n) is 4.54. The highest BCUT2D eigenvalue weighted by molar-refractivity contribution is 7.89. The van der Waals surface area contributed by atoms with Gasteiger partial charge in [0.15, 0.2) is 0 Å². The van der Waals surface area contributed by atoms with Gasteiger partial charge in [-0.05, 0) is 85.8 Å². The lowest BCUT2D eigenvalue weighted by Crippen LogP contribution is -2.45. The molecule has 1 fully saturated rings. The van der Waals surface area contributed by atoms with E-state index in [9.17, 15) is 18.0 Å². The van der Waals surface area contributed by atoms with Crippen LogP contribution in [-0.2, 0) is 26.2 Å². The van der Waals surface area contributed by atoms with Crippen molar-refractivity contribution in [2.24, 2.45) is 0 Å². The van der Waals surface area contributed by atoms with E-state index >= 15 is 0 Å². The number of carbonyl (C=O) groups is 2. The molecule has 9 heteroatoms. The van der Waals surface area contributed by atoms with Crippen LogP contribution in [0.15, 0.2) is 59.5 Å². The van der Waals surface area contributed by atoms with Crippen molar-refractivity contribution in [3.8, 4) is 0 Å². The second-order valence-electron chi connectivity index (χ2n) is 8.99. The van der Waals surface area contributed by atoms with Crippen LogP contribution < -0.4 is 4.90 Å². The maximum absolute atomic E-state index is 14.3. The van der Waals surface area contributed by atoms with Crippen LogP contribution in [0.5, 0.6) is 0 Å². The van der Waals surface area contributed by atoms with E-state index in [1.165, 1.54) is 0 Å². The summed E-state index contributed by atoms with van der Waals surface area (Å²) < 4.78 is 29.7. The topological polar surface area (TPSA) is 74.8 Å². The summed E-state index contributed by atoms with van der Waals surface area (Å²) in [5.41, 5.74) is 3.73. The molecular weight excluding hydrogens is 519 g/mol. The molecule has 3 aromatic rings. The molecule has 36 heavy (non-hydrogen) atoms.